The summed E-state index contributed by atoms with van der Waals surface area (Å²) < 4.78 is 0. The molecule has 1 aromatic heterocycles. The molecule has 3 heteroatoms. The summed E-state index contributed by atoms with van der Waals surface area (Å²) in [6, 6.07) is 2.88. The Bertz CT molecular complexity index is 244. The van der Waals surface area contributed by atoms with E-state index >= 15 is 0 Å². The number of aromatic nitrogens is 1. The van der Waals surface area contributed by atoms with Crippen molar-refractivity contribution in [3.8, 4) is 0 Å². The fourth-order valence-electron chi connectivity index (χ4n) is 0.779. The van der Waals surface area contributed by atoms with Gasteiger partial charge in [-0.15, -0.1) is 0 Å². The molecule has 1 aromatic rings. The molecule has 0 aliphatic heterocycles. The number of nitrogens with zero attached hydrogens (tertiary/aromatic N) is 1. The predicted octanol–water partition coefficient (Wildman–Crippen LogP) is 0.612. The number of carbonyl (C=O) groups excluding carboxylic acids is 1. The molecule has 3 nitrogen and oxygen atoms in total. The van der Waals surface area contributed by atoms with E-state index < -0.39 is 6.04 Å². The van der Waals surface area contributed by atoms with Gasteiger partial charge < -0.3 is 5.73 Å². The van der Waals surface area contributed by atoms with Gasteiger partial charge in [0, 0.05) is 18.0 Å². The maximum Gasteiger partial charge on any atom is 0.179 e. The van der Waals surface area contributed by atoms with Crippen LogP contribution in [0.15, 0.2) is 24.5 Å². The quantitative estimate of drug-likeness (QED) is 0.628. The number of carbonyl (C=O) groups is 1. The van der Waals surface area contributed by atoms with Crippen molar-refractivity contribution < 1.29 is 4.79 Å². The van der Waals surface area contributed by atoms with Crippen LogP contribution in [0, 0.1) is 0 Å². The molecule has 0 unspecified atom stereocenters. The highest BCUT2D eigenvalue weighted by molar-refractivity contribution is 5.99. The Hall–Kier alpha value is -1.22. The Morgan fingerprint density at radius 1 is 1.55 bits per heavy atom. The van der Waals surface area contributed by atoms with E-state index in [1.165, 1.54) is 0 Å². The summed E-state index contributed by atoms with van der Waals surface area (Å²) in [6.45, 7) is 1.67. The lowest BCUT2D eigenvalue weighted by molar-refractivity contribution is 0.0968. The minimum Gasteiger partial charge on any atom is -0.321 e. The summed E-state index contributed by atoms with van der Waals surface area (Å²) in [6.07, 6.45) is 3.16. The third kappa shape index (κ3) is 1.85. The number of rotatable bonds is 2. The molecule has 0 saturated heterocycles. The van der Waals surface area contributed by atoms with Gasteiger partial charge in [0.2, 0.25) is 0 Å². The van der Waals surface area contributed by atoms with Crippen LogP contribution >= 0.6 is 0 Å². The van der Waals surface area contributed by atoms with Crippen LogP contribution in [-0.2, 0) is 0 Å². The molecule has 1 rings (SSSR count). The van der Waals surface area contributed by atoms with E-state index in [4.69, 9.17) is 5.73 Å². The number of ketones is 1. The highest BCUT2D eigenvalue weighted by atomic mass is 16.1. The molecule has 2 N–H and O–H groups in total. The molecule has 0 saturated carbocycles. The molecule has 1 atom stereocenters. The van der Waals surface area contributed by atoms with Gasteiger partial charge in [0.15, 0.2) is 5.78 Å². The van der Waals surface area contributed by atoms with E-state index in [1.54, 1.807) is 31.5 Å². The van der Waals surface area contributed by atoms with Gasteiger partial charge in [-0.2, -0.15) is 0 Å². The van der Waals surface area contributed by atoms with Gasteiger partial charge in [0.1, 0.15) is 0 Å². The first-order valence-corrected chi connectivity index (χ1v) is 3.41. The Labute approximate surface area is 65.2 Å². The minimum absolute atomic E-state index is 0.0487. The second kappa shape index (κ2) is 3.25. The molecule has 58 valence electrons. The van der Waals surface area contributed by atoms with Crippen molar-refractivity contribution in [3.05, 3.63) is 30.1 Å². The summed E-state index contributed by atoms with van der Waals surface area (Å²) in [4.78, 5) is 15.0. The normalized spacial score (nSPS) is 12.5. The largest absolute Gasteiger partial charge is 0.321 e. The van der Waals surface area contributed by atoms with Crippen LogP contribution in [0.1, 0.15) is 17.3 Å². The first kappa shape index (κ1) is 7.88. The van der Waals surface area contributed by atoms with Crippen molar-refractivity contribution >= 4 is 5.78 Å². The standard InChI is InChI=1S/C8H10N2O/c1-6(9)8(11)7-2-4-10-5-3-7/h2-6H,9H2,1H3/t6-/m1/s1. The first-order valence-electron chi connectivity index (χ1n) is 3.41. The van der Waals surface area contributed by atoms with Crippen LogP contribution in [0.3, 0.4) is 0 Å². The van der Waals surface area contributed by atoms with Gasteiger partial charge in [-0.05, 0) is 19.1 Å². The maximum absolute atomic E-state index is 11.2. The van der Waals surface area contributed by atoms with Crippen molar-refractivity contribution in [2.24, 2.45) is 5.73 Å². The molecule has 0 fully saturated rings. The Balaban J connectivity index is 2.86. The van der Waals surface area contributed by atoms with Crippen LogP contribution in [0.4, 0.5) is 0 Å². The van der Waals surface area contributed by atoms with Crippen molar-refractivity contribution in [2.75, 3.05) is 0 Å². The second-order valence-corrected chi connectivity index (χ2v) is 2.39. The molecular formula is C8H10N2O. The Morgan fingerprint density at radius 3 is 2.55 bits per heavy atom. The number of pyridine rings is 1. The second-order valence-electron chi connectivity index (χ2n) is 2.39. The lowest BCUT2D eigenvalue weighted by Gasteiger charge is -2.01. The van der Waals surface area contributed by atoms with Crippen LogP contribution in [-0.4, -0.2) is 16.8 Å². The number of hydrogen-bond donors (Lipinski definition) is 1. The molecule has 1 heterocycles. The number of Topliss-reactive ketones (excluding diaryl/α,β-unsaturated/α-hetero) is 1. The first-order chi connectivity index (χ1) is 5.22. The van der Waals surface area contributed by atoms with Gasteiger partial charge in [-0.3, -0.25) is 9.78 Å². The van der Waals surface area contributed by atoms with Gasteiger partial charge >= 0.3 is 0 Å². The summed E-state index contributed by atoms with van der Waals surface area (Å²) in [5, 5.41) is 0. The van der Waals surface area contributed by atoms with E-state index in [9.17, 15) is 4.79 Å². The Morgan fingerprint density at radius 2 is 2.09 bits per heavy atom. The van der Waals surface area contributed by atoms with E-state index in [0.29, 0.717) is 5.56 Å². The SMILES string of the molecule is C[C@@H](N)C(=O)c1ccncc1. The van der Waals surface area contributed by atoms with Crippen LogP contribution in [0.5, 0.6) is 0 Å². The fraction of sp³-hybridized carbons (Fsp3) is 0.250. The Kier molecular flexibility index (Phi) is 2.33. The zero-order valence-corrected chi connectivity index (χ0v) is 6.32. The highest BCUT2D eigenvalue weighted by Gasteiger charge is 2.08. The van der Waals surface area contributed by atoms with Crippen LogP contribution in [0.2, 0.25) is 0 Å². The zero-order valence-electron chi connectivity index (χ0n) is 6.32. The lowest BCUT2D eigenvalue weighted by atomic mass is 10.1. The number of nitrogens with two attached hydrogens (primary N) is 1. The molecule has 0 radical (unpaired) electrons. The third-order valence-corrected chi connectivity index (χ3v) is 1.38. The van der Waals surface area contributed by atoms with Gasteiger partial charge in [-0.1, -0.05) is 0 Å². The number of hydrogen-bond acceptors (Lipinski definition) is 3. The van der Waals surface area contributed by atoms with Crippen molar-refractivity contribution in [2.45, 2.75) is 13.0 Å². The topological polar surface area (TPSA) is 56.0 Å². The summed E-state index contributed by atoms with van der Waals surface area (Å²) in [5.41, 5.74) is 6.02. The molecule has 0 bridgehead atoms. The lowest BCUT2D eigenvalue weighted by Crippen LogP contribution is -2.26. The average Bonchev–Trinajstić information content (AvgIpc) is 2.05. The van der Waals surface area contributed by atoms with Gasteiger partial charge in [0.05, 0.1) is 6.04 Å². The highest BCUT2D eigenvalue weighted by Crippen LogP contribution is 1.99. The van der Waals surface area contributed by atoms with Crippen molar-refractivity contribution in [1.29, 1.82) is 0 Å². The summed E-state index contributed by atoms with van der Waals surface area (Å²) in [5.74, 6) is -0.0487. The van der Waals surface area contributed by atoms with Crippen LogP contribution in [0.25, 0.3) is 0 Å². The van der Waals surface area contributed by atoms with E-state index in [0.717, 1.165) is 0 Å². The van der Waals surface area contributed by atoms with Crippen molar-refractivity contribution in [3.63, 3.8) is 0 Å². The average molecular weight is 150 g/mol. The molecule has 0 aliphatic rings. The monoisotopic (exact) mass is 150 g/mol. The van der Waals surface area contributed by atoms with E-state index in [-0.39, 0.29) is 5.78 Å². The smallest absolute Gasteiger partial charge is 0.179 e. The van der Waals surface area contributed by atoms with E-state index in [2.05, 4.69) is 4.98 Å². The van der Waals surface area contributed by atoms with Crippen molar-refractivity contribution in [1.82, 2.24) is 4.98 Å². The summed E-state index contributed by atoms with van der Waals surface area (Å²) >= 11 is 0. The molecule has 11 heavy (non-hydrogen) atoms. The minimum atomic E-state index is -0.433. The predicted molar refractivity (Wildman–Crippen MR) is 42.2 cm³/mol. The van der Waals surface area contributed by atoms with Gasteiger partial charge in [-0.25, -0.2) is 0 Å². The molecule has 0 aliphatic carbocycles. The molecule has 0 aromatic carbocycles. The van der Waals surface area contributed by atoms with Gasteiger partial charge in [0.25, 0.3) is 0 Å². The maximum atomic E-state index is 11.2. The summed E-state index contributed by atoms with van der Waals surface area (Å²) in [7, 11) is 0. The third-order valence-electron chi connectivity index (χ3n) is 1.38. The van der Waals surface area contributed by atoms with Crippen LogP contribution < -0.4 is 5.73 Å². The zero-order chi connectivity index (χ0) is 8.27. The molecule has 0 amide bonds. The van der Waals surface area contributed by atoms with E-state index in [1.807, 2.05) is 0 Å². The fourth-order valence-corrected chi connectivity index (χ4v) is 0.779. The molecule has 0 spiro atoms. The molecular weight excluding hydrogens is 140 g/mol.